The number of carbonyl (C=O) groups excluding carboxylic acids is 1. The van der Waals surface area contributed by atoms with Gasteiger partial charge < -0.3 is 18.9 Å². The van der Waals surface area contributed by atoms with Crippen LogP contribution in [0.4, 0.5) is 4.39 Å². The van der Waals surface area contributed by atoms with Gasteiger partial charge in [-0.1, -0.05) is 45.0 Å². The van der Waals surface area contributed by atoms with Gasteiger partial charge in [0.2, 0.25) is 0 Å². The number of rotatable bonds is 11. The molecule has 0 N–H and O–H groups in total. The Balaban J connectivity index is 1.63. The summed E-state index contributed by atoms with van der Waals surface area (Å²) in [7, 11) is 4.69. The minimum Gasteiger partial charge on any atom is -0.497 e. The highest BCUT2D eigenvalue weighted by atomic mass is 19.1. The average Bonchev–Trinajstić information content (AvgIpc) is 3.76. The van der Waals surface area contributed by atoms with Gasteiger partial charge in [-0.25, -0.2) is 4.39 Å². The summed E-state index contributed by atoms with van der Waals surface area (Å²) in [6.07, 6.45) is 2.36. The maximum absolute atomic E-state index is 15.0. The van der Waals surface area contributed by atoms with Crippen molar-refractivity contribution in [1.82, 2.24) is 0 Å². The van der Waals surface area contributed by atoms with Crippen molar-refractivity contribution in [3.63, 3.8) is 0 Å². The van der Waals surface area contributed by atoms with Gasteiger partial charge in [-0.05, 0) is 88.7 Å². The zero-order chi connectivity index (χ0) is 28.2. The summed E-state index contributed by atoms with van der Waals surface area (Å²) in [6, 6.07) is 18.7. The SMILES string of the molecule is COC(=O)C[C@@H](c1cccc(OCc2ccc(-c3cc(OC)ccc3F)c([C@@H](OC)C(C)(C)C)c2)c1)C1CC1. The van der Waals surface area contributed by atoms with Gasteiger partial charge in [0.15, 0.2) is 0 Å². The van der Waals surface area contributed by atoms with Crippen molar-refractivity contribution in [2.24, 2.45) is 11.3 Å². The monoisotopic (exact) mass is 534 g/mol. The Morgan fingerprint density at radius 2 is 1.72 bits per heavy atom. The first-order valence-electron chi connectivity index (χ1n) is 13.4. The molecule has 1 fully saturated rings. The lowest BCUT2D eigenvalue weighted by atomic mass is 9.81. The van der Waals surface area contributed by atoms with Gasteiger partial charge in [-0.2, -0.15) is 0 Å². The third-order valence-corrected chi connectivity index (χ3v) is 7.38. The Morgan fingerprint density at radius 1 is 0.949 bits per heavy atom. The zero-order valence-electron chi connectivity index (χ0n) is 23.8. The number of halogens is 1. The third kappa shape index (κ3) is 6.99. The molecule has 0 aromatic heterocycles. The van der Waals surface area contributed by atoms with Gasteiger partial charge in [0, 0.05) is 12.7 Å². The van der Waals surface area contributed by atoms with Crippen molar-refractivity contribution in [3.8, 4) is 22.6 Å². The maximum atomic E-state index is 15.0. The summed E-state index contributed by atoms with van der Waals surface area (Å²) in [4.78, 5) is 12.0. The van der Waals surface area contributed by atoms with Crippen LogP contribution in [0.25, 0.3) is 11.1 Å². The van der Waals surface area contributed by atoms with Crippen molar-refractivity contribution < 1.29 is 28.1 Å². The molecule has 0 amide bonds. The van der Waals surface area contributed by atoms with E-state index in [0.29, 0.717) is 30.3 Å². The number of hydrogen-bond acceptors (Lipinski definition) is 5. The van der Waals surface area contributed by atoms with Crippen molar-refractivity contribution >= 4 is 5.97 Å². The van der Waals surface area contributed by atoms with Crippen LogP contribution in [0, 0.1) is 17.2 Å². The fourth-order valence-corrected chi connectivity index (χ4v) is 5.27. The van der Waals surface area contributed by atoms with Crippen LogP contribution in [0.15, 0.2) is 60.7 Å². The van der Waals surface area contributed by atoms with Crippen molar-refractivity contribution in [2.45, 2.75) is 58.7 Å². The third-order valence-electron chi connectivity index (χ3n) is 7.38. The molecule has 0 radical (unpaired) electrons. The average molecular weight is 535 g/mol. The smallest absolute Gasteiger partial charge is 0.306 e. The van der Waals surface area contributed by atoms with Crippen molar-refractivity contribution in [3.05, 3.63) is 83.2 Å². The summed E-state index contributed by atoms with van der Waals surface area (Å²) in [5.41, 5.74) is 3.92. The van der Waals surface area contributed by atoms with E-state index in [1.54, 1.807) is 26.4 Å². The largest absolute Gasteiger partial charge is 0.497 e. The molecule has 0 saturated heterocycles. The molecule has 0 heterocycles. The van der Waals surface area contributed by atoms with Gasteiger partial charge in [-0.15, -0.1) is 0 Å². The molecule has 1 saturated carbocycles. The molecule has 1 aliphatic rings. The van der Waals surface area contributed by atoms with E-state index in [0.717, 1.165) is 40.8 Å². The minimum absolute atomic E-state index is 0.138. The first-order valence-corrected chi connectivity index (χ1v) is 13.4. The molecular formula is C33H39FO5. The molecule has 0 aliphatic heterocycles. The predicted octanol–water partition coefficient (Wildman–Crippen LogP) is 7.87. The first-order chi connectivity index (χ1) is 18.6. The second-order valence-electron chi connectivity index (χ2n) is 11.3. The first kappa shape index (κ1) is 28.6. The molecule has 0 spiro atoms. The molecule has 1 aliphatic carbocycles. The lowest BCUT2D eigenvalue weighted by Crippen LogP contribution is -2.21. The Hall–Kier alpha value is -3.38. The van der Waals surface area contributed by atoms with Crippen molar-refractivity contribution in [1.29, 1.82) is 0 Å². The number of methoxy groups -OCH3 is 3. The molecule has 3 aromatic carbocycles. The second-order valence-corrected chi connectivity index (χ2v) is 11.3. The highest BCUT2D eigenvalue weighted by Crippen LogP contribution is 2.45. The number of benzene rings is 3. The van der Waals surface area contributed by atoms with E-state index in [-0.39, 0.29) is 29.2 Å². The summed E-state index contributed by atoms with van der Waals surface area (Å²) in [6.45, 7) is 6.65. The van der Waals surface area contributed by atoms with Crippen LogP contribution in [-0.4, -0.2) is 27.3 Å². The molecule has 208 valence electrons. The number of carbonyl (C=O) groups is 1. The molecule has 39 heavy (non-hydrogen) atoms. The van der Waals surface area contributed by atoms with Crippen molar-refractivity contribution in [2.75, 3.05) is 21.3 Å². The predicted molar refractivity (Wildman–Crippen MR) is 150 cm³/mol. The Labute approximate surface area is 231 Å². The van der Waals surface area contributed by atoms with Crippen LogP contribution in [0.5, 0.6) is 11.5 Å². The lowest BCUT2D eigenvalue weighted by molar-refractivity contribution is -0.141. The van der Waals surface area contributed by atoms with E-state index in [1.165, 1.54) is 13.2 Å². The van der Waals surface area contributed by atoms with E-state index in [4.69, 9.17) is 18.9 Å². The summed E-state index contributed by atoms with van der Waals surface area (Å²) < 4.78 is 37.5. The van der Waals surface area contributed by atoms with Gasteiger partial charge >= 0.3 is 5.97 Å². The molecule has 0 unspecified atom stereocenters. The Morgan fingerprint density at radius 3 is 2.36 bits per heavy atom. The van der Waals surface area contributed by atoms with Gasteiger partial charge in [0.05, 0.1) is 26.7 Å². The standard InChI is InChI=1S/C33H39FO5/c1-33(2,3)32(38-6)29-16-21(10-14-26(29)28-18-24(36-4)13-15-30(28)34)20-39-25-9-7-8-23(17-25)27(22-11-12-22)19-31(35)37-5/h7-10,13-18,22,27,32H,11-12,19-20H2,1-6H3/t27-,32-/m1/s1. The fourth-order valence-electron chi connectivity index (χ4n) is 5.27. The molecule has 5 nitrogen and oxygen atoms in total. The van der Waals surface area contributed by atoms with Crippen LogP contribution in [0.1, 0.15) is 68.7 Å². The lowest BCUT2D eigenvalue weighted by Gasteiger charge is -2.32. The highest BCUT2D eigenvalue weighted by molar-refractivity contribution is 5.71. The Kier molecular flexibility index (Phi) is 8.96. The van der Waals surface area contributed by atoms with E-state index in [9.17, 15) is 4.79 Å². The molecule has 6 heteroatoms. The second kappa shape index (κ2) is 12.2. The van der Waals surface area contributed by atoms with Crippen LogP contribution in [0.3, 0.4) is 0 Å². The molecular weight excluding hydrogens is 495 g/mol. The zero-order valence-corrected chi connectivity index (χ0v) is 23.8. The van der Waals surface area contributed by atoms with Crippen LogP contribution in [-0.2, 0) is 20.9 Å². The van der Waals surface area contributed by atoms with Gasteiger partial charge in [0.1, 0.15) is 23.9 Å². The van der Waals surface area contributed by atoms with Gasteiger partial charge in [0.25, 0.3) is 0 Å². The summed E-state index contributed by atoms with van der Waals surface area (Å²) >= 11 is 0. The van der Waals surface area contributed by atoms with E-state index in [2.05, 4.69) is 26.8 Å². The number of esters is 1. The number of hydrogen-bond donors (Lipinski definition) is 0. The Bertz CT molecular complexity index is 1290. The quantitative estimate of drug-likeness (QED) is 0.234. The number of ether oxygens (including phenoxy) is 4. The minimum atomic E-state index is -0.321. The summed E-state index contributed by atoms with van der Waals surface area (Å²) in [5, 5.41) is 0. The molecule has 3 aromatic rings. The van der Waals surface area contributed by atoms with E-state index in [1.807, 2.05) is 36.4 Å². The topological polar surface area (TPSA) is 54.0 Å². The van der Waals surface area contributed by atoms with Crippen LogP contribution >= 0.6 is 0 Å². The highest BCUT2D eigenvalue weighted by Gasteiger charge is 2.34. The van der Waals surface area contributed by atoms with E-state index >= 15 is 4.39 Å². The van der Waals surface area contributed by atoms with Crippen LogP contribution in [0.2, 0.25) is 0 Å². The fraction of sp³-hybridized carbons (Fsp3) is 0.424. The van der Waals surface area contributed by atoms with E-state index < -0.39 is 0 Å². The molecule has 0 bridgehead atoms. The maximum Gasteiger partial charge on any atom is 0.306 e. The summed E-state index contributed by atoms with van der Waals surface area (Å²) in [5.74, 6) is 1.47. The van der Waals surface area contributed by atoms with Gasteiger partial charge in [-0.3, -0.25) is 4.79 Å². The molecule has 2 atom stereocenters. The van der Waals surface area contributed by atoms with Crippen LogP contribution < -0.4 is 9.47 Å². The normalized spacial score (nSPS) is 14.9. The molecule has 4 rings (SSSR count).